The fourth-order valence-electron chi connectivity index (χ4n) is 11.1. The smallest absolute Gasteiger partial charge is 0.264 e. The van der Waals surface area contributed by atoms with Crippen LogP contribution in [0.25, 0.3) is 11.1 Å². The summed E-state index contributed by atoms with van der Waals surface area (Å²) in [5, 5.41) is 11.8. The van der Waals surface area contributed by atoms with E-state index in [9.17, 15) is 32.8 Å². The summed E-state index contributed by atoms with van der Waals surface area (Å²) in [6.07, 6.45) is 7.22. The molecule has 2 unspecified atom stereocenters. The zero-order valence-corrected chi connectivity index (χ0v) is 35.3. The average molecular weight is 848 g/mol. The van der Waals surface area contributed by atoms with Gasteiger partial charge in [0.25, 0.3) is 18.2 Å². The minimum atomic E-state index is -2.67. The number of aryl methyl sites for hydroxylation is 2. The number of hydrogen-bond acceptors (Lipinski definition) is 9. The number of aromatic nitrogens is 4. The van der Waals surface area contributed by atoms with E-state index in [1.54, 1.807) is 37.1 Å². The minimum absolute atomic E-state index is 0.00703. The zero-order chi connectivity index (χ0) is 43.1. The van der Waals surface area contributed by atoms with Gasteiger partial charge in [-0.1, -0.05) is 6.92 Å². The Kier molecular flexibility index (Phi) is 10.1. The molecule has 62 heavy (non-hydrogen) atoms. The van der Waals surface area contributed by atoms with Gasteiger partial charge in [-0.05, 0) is 103 Å². The molecule has 0 bridgehead atoms. The molecule has 0 radical (unpaired) electrons. The summed E-state index contributed by atoms with van der Waals surface area (Å²) in [5.41, 5.74) is 7.72. The van der Waals surface area contributed by atoms with E-state index in [-0.39, 0.29) is 30.4 Å². The molecule has 14 nitrogen and oxygen atoms in total. The molecule has 1 saturated carbocycles. The van der Waals surface area contributed by atoms with E-state index in [0.717, 1.165) is 89.4 Å². The third kappa shape index (κ3) is 6.90. The molecule has 324 valence electrons. The van der Waals surface area contributed by atoms with Crippen LogP contribution in [0.2, 0.25) is 0 Å². The fourth-order valence-corrected chi connectivity index (χ4v) is 11.1. The number of piperidine rings is 1. The van der Waals surface area contributed by atoms with Gasteiger partial charge < -0.3 is 9.80 Å². The SMILES string of the molecule is CC(=O)N1CCc2c(c(N3CCCc4cc(-c5cnn(C)c5)c(C(F)F)cc43)nn2C2CCC(C(C)CN3Cc4cc5c(cc4C3)C(=O)N(C3CCC(=O)NC3=O)C5=O)CC2)C1. The van der Waals surface area contributed by atoms with Gasteiger partial charge in [0.05, 0.1) is 29.9 Å². The molecule has 0 spiro atoms. The van der Waals surface area contributed by atoms with Gasteiger partial charge in [-0.15, -0.1) is 0 Å². The molecule has 5 amide bonds. The second-order valence-electron chi connectivity index (χ2n) is 18.2. The number of carbonyl (C=O) groups is 5. The number of hydrogen-bond donors (Lipinski definition) is 1. The van der Waals surface area contributed by atoms with Crippen LogP contribution >= 0.6 is 0 Å². The van der Waals surface area contributed by atoms with Crippen molar-refractivity contribution < 1.29 is 32.8 Å². The number of alkyl halides is 2. The van der Waals surface area contributed by atoms with Crippen molar-refractivity contribution in [2.45, 2.75) is 110 Å². The summed E-state index contributed by atoms with van der Waals surface area (Å²) in [5.74, 6) is -0.296. The quantitative estimate of drug-likeness (QED) is 0.211. The van der Waals surface area contributed by atoms with Crippen molar-refractivity contribution in [3.8, 4) is 11.1 Å². The lowest BCUT2D eigenvalue weighted by atomic mass is 9.78. The average Bonchev–Trinajstić information content (AvgIpc) is 4.03. The number of imide groups is 2. The molecular weight excluding hydrogens is 797 g/mol. The Hall–Kier alpha value is -5.77. The van der Waals surface area contributed by atoms with Crippen LogP contribution in [-0.2, 0) is 53.9 Å². The first-order valence-corrected chi connectivity index (χ1v) is 22.0. The van der Waals surface area contributed by atoms with Crippen molar-refractivity contribution in [1.82, 2.24) is 39.6 Å². The topological polar surface area (TPSA) is 146 Å². The first-order chi connectivity index (χ1) is 29.8. The first-order valence-electron chi connectivity index (χ1n) is 22.0. The highest BCUT2D eigenvalue weighted by molar-refractivity contribution is 6.23. The third-order valence-corrected chi connectivity index (χ3v) is 14.4. The van der Waals surface area contributed by atoms with Crippen molar-refractivity contribution in [2.75, 3.05) is 24.5 Å². The van der Waals surface area contributed by atoms with Crippen molar-refractivity contribution in [3.05, 3.63) is 81.3 Å². The highest BCUT2D eigenvalue weighted by Crippen LogP contribution is 2.45. The molecule has 2 aromatic carbocycles. The Morgan fingerprint density at radius 3 is 2.23 bits per heavy atom. The lowest BCUT2D eigenvalue weighted by molar-refractivity contribution is -0.136. The fraction of sp³-hybridized carbons (Fsp3) is 0.500. The van der Waals surface area contributed by atoms with Crippen LogP contribution in [0.1, 0.15) is 125 Å². The summed E-state index contributed by atoms with van der Waals surface area (Å²) in [6, 6.07) is 6.40. The van der Waals surface area contributed by atoms with Gasteiger partial charge in [0, 0.05) is 93.8 Å². The molecule has 10 rings (SSSR count). The molecule has 7 heterocycles. The molecule has 1 aliphatic carbocycles. The lowest BCUT2D eigenvalue weighted by Crippen LogP contribution is -2.54. The Bertz CT molecular complexity index is 2500. The summed E-state index contributed by atoms with van der Waals surface area (Å²) >= 11 is 0. The summed E-state index contributed by atoms with van der Waals surface area (Å²) in [4.78, 5) is 71.2. The van der Waals surface area contributed by atoms with Crippen LogP contribution in [0.15, 0.2) is 36.7 Å². The number of anilines is 2. The standard InChI is InChI=1S/C46H51F2N9O5/c1-25(20-53-22-29-16-35-36(17-30(29)23-53)46(62)56(45(35)61)39-10-11-41(59)50-44(39)60)27-6-8-32(9-7-27)57-38-12-14-54(26(2)58)24-37(38)43(51-57)55-13-4-5-28-15-33(31-19-49-52(3)21-31)34(42(47)48)18-40(28)55/h15-19,21,25,27,32,39,42H,4-14,20,22-24H2,1-3H3,(H,50,59,60). The minimum Gasteiger partial charge on any atom is -0.338 e. The molecule has 1 saturated heterocycles. The molecule has 5 aliphatic heterocycles. The molecule has 2 fully saturated rings. The normalized spacial score (nSPS) is 23.1. The predicted octanol–water partition coefficient (Wildman–Crippen LogP) is 5.99. The lowest BCUT2D eigenvalue weighted by Gasteiger charge is -2.35. The van der Waals surface area contributed by atoms with Crippen molar-refractivity contribution >= 4 is 41.0 Å². The van der Waals surface area contributed by atoms with E-state index in [1.165, 1.54) is 0 Å². The molecule has 4 aromatic rings. The number of rotatable bonds is 8. The van der Waals surface area contributed by atoms with Crippen molar-refractivity contribution in [1.29, 1.82) is 0 Å². The number of halogens is 2. The molecule has 16 heteroatoms. The second kappa shape index (κ2) is 15.5. The van der Waals surface area contributed by atoms with Crippen molar-refractivity contribution in [2.24, 2.45) is 18.9 Å². The highest BCUT2D eigenvalue weighted by atomic mass is 19.3. The van der Waals surface area contributed by atoms with E-state index in [2.05, 4.69) is 31.8 Å². The van der Waals surface area contributed by atoms with Gasteiger partial charge in [-0.2, -0.15) is 10.2 Å². The summed E-state index contributed by atoms with van der Waals surface area (Å²) in [7, 11) is 1.78. The number of amides is 5. The maximum Gasteiger partial charge on any atom is 0.264 e. The van der Waals surface area contributed by atoms with E-state index in [0.29, 0.717) is 73.2 Å². The Labute approximate surface area is 358 Å². The van der Waals surface area contributed by atoms with E-state index in [4.69, 9.17) is 5.10 Å². The first kappa shape index (κ1) is 40.3. The molecule has 6 aliphatic rings. The zero-order valence-electron chi connectivity index (χ0n) is 35.3. The summed E-state index contributed by atoms with van der Waals surface area (Å²) in [6.45, 7) is 7.82. The van der Waals surface area contributed by atoms with E-state index in [1.807, 2.05) is 23.1 Å². The number of benzene rings is 2. The van der Waals surface area contributed by atoms with Crippen molar-refractivity contribution in [3.63, 3.8) is 0 Å². The van der Waals surface area contributed by atoms with Crippen LogP contribution < -0.4 is 10.2 Å². The van der Waals surface area contributed by atoms with Gasteiger partial charge in [-0.25, -0.2) is 8.78 Å². The second-order valence-corrected chi connectivity index (χ2v) is 18.2. The number of fused-ring (bicyclic) bond motifs is 4. The van der Waals surface area contributed by atoms with Crippen LogP contribution in [0.5, 0.6) is 0 Å². The number of carbonyl (C=O) groups excluding carboxylic acids is 5. The Morgan fingerprint density at radius 2 is 1.58 bits per heavy atom. The maximum atomic E-state index is 14.7. The van der Waals surface area contributed by atoms with Crippen LogP contribution in [0.4, 0.5) is 20.3 Å². The van der Waals surface area contributed by atoms with Gasteiger partial charge in [0.15, 0.2) is 5.82 Å². The van der Waals surface area contributed by atoms with Crippen LogP contribution in [0, 0.1) is 11.8 Å². The predicted molar refractivity (Wildman–Crippen MR) is 223 cm³/mol. The monoisotopic (exact) mass is 847 g/mol. The van der Waals surface area contributed by atoms with Gasteiger partial charge >= 0.3 is 0 Å². The van der Waals surface area contributed by atoms with E-state index < -0.39 is 36.1 Å². The van der Waals surface area contributed by atoms with Gasteiger partial charge in [0.1, 0.15) is 6.04 Å². The largest absolute Gasteiger partial charge is 0.338 e. The highest BCUT2D eigenvalue weighted by Gasteiger charge is 2.46. The Morgan fingerprint density at radius 1 is 0.871 bits per heavy atom. The Balaban J connectivity index is 0.836. The summed E-state index contributed by atoms with van der Waals surface area (Å²) < 4.78 is 33.3. The van der Waals surface area contributed by atoms with E-state index >= 15 is 0 Å². The van der Waals surface area contributed by atoms with Gasteiger partial charge in [-0.3, -0.25) is 48.5 Å². The third-order valence-electron chi connectivity index (χ3n) is 14.4. The van der Waals surface area contributed by atoms with Crippen LogP contribution in [0.3, 0.4) is 0 Å². The maximum absolute atomic E-state index is 14.7. The number of nitrogens with zero attached hydrogens (tertiary/aromatic N) is 8. The number of nitrogens with one attached hydrogen (secondary N) is 1. The molecule has 1 N–H and O–H groups in total. The molecule has 2 atom stereocenters. The molecule has 2 aromatic heterocycles. The van der Waals surface area contributed by atoms with Gasteiger partial charge in [0.2, 0.25) is 17.7 Å². The van der Waals surface area contributed by atoms with Crippen LogP contribution in [-0.4, -0.2) is 89.5 Å². The molecular formula is C46H51F2N9O5.